The highest BCUT2D eigenvalue weighted by molar-refractivity contribution is 5.26. The lowest BCUT2D eigenvalue weighted by atomic mass is 9.77. The molecule has 72 valence electrons. The number of hydrogen-bond acceptors (Lipinski definition) is 2. The molecule has 0 aliphatic rings. The van der Waals surface area contributed by atoms with Crippen LogP contribution >= 0.6 is 0 Å². The molecule has 0 aliphatic carbocycles. The average Bonchev–Trinajstić information content (AvgIpc) is 2.04. The zero-order chi connectivity index (χ0) is 10.1. The largest absolute Gasteiger partial charge is 0.324 e. The molecule has 0 spiro atoms. The summed E-state index contributed by atoms with van der Waals surface area (Å²) in [6.45, 7) is 5.85. The Labute approximate surface area is 79.9 Å². The normalized spacial score (nSPS) is 16.7. The van der Waals surface area contributed by atoms with Crippen molar-refractivity contribution in [1.29, 1.82) is 0 Å². The molecule has 0 bridgehead atoms. The predicted molar refractivity (Wildman–Crippen MR) is 56.2 cm³/mol. The second-order valence-electron chi connectivity index (χ2n) is 4.29. The molecule has 0 fully saturated rings. The first kappa shape index (κ1) is 10.2. The van der Waals surface area contributed by atoms with Crippen LogP contribution in [0.25, 0.3) is 0 Å². The number of rotatable bonds is 2. The van der Waals surface area contributed by atoms with Gasteiger partial charge in [0.25, 0.3) is 0 Å². The van der Waals surface area contributed by atoms with Crippen molar-refractivity contribution in [2.75, 3.05) is 0 Å². The van der Waals surface area contributed by atoms with Crippen molar-refractivity contribution in [3.63, 3.8) is 0 Å². The van der Waals surface area contributed by atoms with E-state index in [0.717, 1.165) is 5.56 Å². The predicted octanol–water partition coefficient (Wildman–Crippen LogP) is 1.60. The Morgan fingerprint density at radius 2 is 1.38 bits per heavy atom. The number of benzene rings is 1. The van der Waals surface area contributed by atoms with Crippen LogP contribution < -0.4 is 11.5 Å². The van der Waals surface area contributed by atoms with E-state index in [0.29, 0.717) is 0 Å². The molecule has 1 aromatic carbocycles. The van der Waals surface area contributed by atoms with Gasteiger partial charge < -0.3 is 11.5 Å². The third kappa shape index (κ3) is 1.90. The van der Waals surface area contributed by atoms with E-state index in [2.05, 4.69) is 0 Å². The summed E-state index contributed by atoms with van der Waals surface area (Å²) in [5.74, 6) is 0. The van der Waals surface area contributed by atoms with Crippen LogP contribution in [0.15, 0.2) is 30.3 Å². The van der Waals surface area contributed by atoms with Gasteiger partial charge in [-0.15, -0.1) is 0 Å². The van der Waals surface area contributed by atoms with E-state index in [1.807, 2.05) is 51.1 Å². The zero-order valence-corrected chi connectivity index (χ0v) is 8.54. The smallest absolute Gasteiger partial charge is 0.0557 e. The van der Waals surface area contributed by atoms with Crippen molar-refractivity contribution in [3.8, 4) is 0 Å². The first-order valence-electron chi connectivity index (χ1n) is 4.49. The van der Waals surface area contributed by atoms with Crippen LogP contribution in [0.5, 0.6) is 0 Å². The van der Waals surface area contributed by atoms with Crippen LogP contribution in [0, 0.1) is 0 Å². The molecule has 1 rings (SSSR count). The molecule has 0 saturated carbocycles. The lowest BCUT2D eigenvalue weighted by Crippen LogP contribution is -2.57. The summed E-state index contributed by atoms with van der Waals surface area (Å²) in [6, 6.07) is 9.95. The Balaban J connectivity index is 3.08. The van der Waals surface area contributed by atoms with Gasteiger partial charge in [-0.25, -0.2) is 0 Å². The van der Waals surface area contributed by atoms with Crippen molar-refractivity contribution >= 4 is 0 Å². The summed E-state index contributed by atoms with van der Waals surface area (Å²) in [6.07, 6.45) is 0. The maximum Gasteiger partial charge on any atom is 0.0557 e. The minimum atomic E-state index is -0.492. The van der Waals surface area contributed by atoms with Crippen molar-refractivity contribution in [1.82, 2.24) is 0 Å². The van der Waals surface area contributed by atoms with Crippen LogP contribution in [-0.4, -0.2) is 5.54 Å². The quantitative estimate of drug-likeness (QED) is 0.722. The number of nitrogens with two attached hydrogens (primary N) is 2. The van der Waals surface area contributed by atoms with Crippen molar-refractivity contribution in [2.45, 2.75) is 31.8 Å². The zero-order valence-electron chi connectivity index (χ0n) is 8.54. The van der Waals surface area contributed by atoms with Gasteiger partial charge in [0.15, 0.2) is 0 Å². The molecule has 1 atom stereocenters. The van der Waals surface area contributed by atoms with Gasteiger partial charge in [0.05, 0.1) is 5.54 Å². The van der Waals surface area contributed by atoms with Gasteiger partial charge in [0.1, 0.15) is 0 Å². The lowest BCUT2D eigenvalue weighted by molar-refractivity contribution is 0.289. The fourth-order valence-corrected chi connectivity index (χ4v) is 1.16. The summed E-state index contributed by atoms with van der Waals surface area (Å²) in [5.41, 5.74) is 12.4. The molecule has 0 amide bonds. The highest BCUT2D eigenvalue weighted by Gasteiger charge is 2.35. The Hall–Kier alpha value is -0.860. The summed E-state index contributed by atoms with van der Waals surface area (Å²) < 4.78 is 0. The van der Waals surface area contributed by atoms with Crippen molar-refractivity contribution in [3.05, 3.63) is 35.9 Å². The standard InChI is InChI=1S/C11H18N2/c1-10(2,12)11(3,13)9-7-5-4-6-8-9/h4-8H,12-13H2,1-3H3. The molecule has 0 aliphatic heterocycles. The van der Waals surface area contributed by atoms with Gasteiger partial charge in [-0.3, -0.25) is 0 Å². The Bertz CT molecular complexity index is 270. The lowest BCUT2D eigenvalue weighted by Gasteiger charge is -2.38. The van der Waals surface area contributed by atoms with Crippen LogP contribution in [-0.2, 0) is 5.54 Å². The molecule has 0 saturated heterocycles. The first-order valence-corrected chi connectivity index (χ1v) is 4.49. The summed E-state index contributed by atoms with van der Waals surface area (Å²) in [7, 11) is 0. The molecular weight excluding hydrogens is 160 g/mol. The monoisotopic (exact) mass is 178 g/mol. The van der Waals surface area contributed by atoms with Gasteiger partial charge in [0, 0.05) is 5.54 Å². The Kier molecular flexibility index (Phi) is 2.46. The summed E-state index contributed by atoms with van der Waals surface area (Å²) in [5, 5.41) is 0. The summed E-state index contributed by atoms with van der Waals surface area (Å²) in [4.78, 5) is 0. The maximum atomic E-state index is 6.19. The molecule has 0 heterocycles. The number of hydrogen-bond donors (Lipinski definition) is 2. The van der Waals surface area contributed by atoms with E-state index >= 15 is 0 Å². The maximum absolute atomic E-state index is 6.19. The second-order valence-corrected chi connectivity index (χ2v) is 4.29. The van der Waals surface area contributed by atoms with Gasteiger partial charge in [-0.1, -0.05) is 30.3 Å². The van der Waals surface area contributed by atoms with E-state index in [9.17, 15) is 0 Å². The van der Waals surface area contributed by atoms with E-state index in [1.54, 1.807) is 0 Å². The molecule has 0 aromatic heterocycles. The van der Waals surface area contributed by atoms with Crippen LogP contribution in [0.2, 0.25) is 0 Å². The topological polar surface area (TPSA) is 52.0 Å². The molecule has 13 heavy (non-hydrogen) atoms. The van der Waals surface area contributed by atoms with E-state index < -0.39 is 11.1 Å². The minimum absolute atomic E-state index is 0.422. The van der Waals surface area contributed by atoms with E-state index in [1.165, 1.54) is 0 Å². The average molecular weight is 178 g/mol. The molecular formula is C11H18N2. The molecule has 2 heteroatoms. The van der Waals surface area contributed by atoms with Gasteiger partial charge in [-0.2, -0.15) is 0 Å². The van der Waals surface area contributed by atoms with Crippen molar-refractivity contribution < 1.29 is 0 Å². The third-order valence-electron chi connectivity index (χ3n) is 2.71. The van der Waals surface area contributed by atoms with Crippen LogP contribution in [0.4, 0.5) is 0 Å². The van der Waals surface area contributed by atoms with Crippen LogP contribution in [0.1, 0.15) is 26.3 Å². The first-order chi connectivity index (χ1) is 5.86. The molecule has 1 unspecified atom stereocenters. The highest BCUT2D eigenvalue weighted by atomic mass is 14.9. The van der Waals surface area contributed by atoms with E-state index in [4.69, 9.17) is 11.5 Å². The Morgan fingerprint density at radius 1 is 0.923 bits per heavy atom. The third-order valence-corrected chi connectivity index (χ3v) is 2.71. The van der Waals surface area contributed by atoms with Crippen molar-refractivity contribution in [2.24, 2.45) is 11.5 Å². The van der Waals surface area contributed by atoms with Gasteiger partial charge in [-0.05, 0) is 26.3 Å². The highest BCUT2D eigenvalue weighted by Crippen LogP contribution is 2.27. The molecule has 0 radical (unpaired) electrons. The fourth-order valence-electron chi connectivity index (χ4n) is 1.16. The molecule has 4 N–H and O–H groups in total. The molecule has 2 nitrogen and oxygen atoms in total. The SMILES string of the molecule is CC(C)(N)C(C)(N)c1ccccc1. The van der Waals surface area contributed by atoms with E-state index in [-0.39, 0.29) is 0 Å². The van der Waals surface area contributed by atoms with Gasteiger partial charge >= 0.3 is 0 Å². The fraction of sp³-hybridized carbons (Fsp3) is 0.455. The molecule has 1 aromatic rings. The second kappa shape index (κ2) is 3.13. The van der Waals surface area contributed by atoms with Gasteiger partial charge in [0.2, 0.25) is 0 Å². The minimum Gasteiger partial charge on any atom is -0.324 e. The van der Waals surface area contributed by atoms with Crippen LogP contribution in [0.3, 0.4) is 0 Å². The summed E-state index contributed by atoms with van der Waals surface area (Å²) >= 11 is 0. The Morgan fingerprint density at radius 3 is 1.77 bits per heavy atom.